The van der Waals surface area contributed by atoms with Crippen LogP contribution in [0.1, 0.15) is 63.8 Å². The second-order valence-electron chi connectivity index (χ2n) is 11.3. The van der Waals surface area contributed by atoms with Crippen LogP contribution in [-0.2, 0) is 27.0 Å². The van der Waals surface area contributed by atoms with E-state index in [2.05, 4.69) is 52.1 Å². The summed E-state index contributed by atoms with van der Waals surface area (Å²) >= 11 is 0. The molecule has 1 aliphatic rings. The van der Waals surface area contributed by atoms with Gasteiger partial charge in [0.1, 0.15) is 5.75 Å². The van der Waals surface area contributed by atoms with Gasteiger partial charge in [-0.05, 0) is 28.0 Å². The Morgan fingerprint density at radius 1 is 1.06 bits per heavy atom. The van der Waals surface area contributed by atoms with Crippen LogP contribution in [0.4, 0.5) is 0 Å². The maximum atomic E-state index is 12.5. The first-order valence-corrected chi connectivity index (χ1v) is 12.1. The van der Waals surface area contributed by atoms with Gasteiger partial charge in [0.05, 0.1) is 19.3 Å². The van der Waals surface area contributed by atoms with Crippen molar-refractivity contribution in [2.45, 2.75) is 58.9 Å². The number of carbonyl (C=O) groups excluding carboxylic acids is 2. The van der Waals surface area contributed by atoms with Gasteiger partial charge in [0.2, 0.25) is 5.91 Å². The van der Waals surface area contributed by atoms with Crippen LogP contribution < -0.4 is 5.43 Å². The predicted octanol–water partition coefficient (Wildman–Crippen LogP) is 3.78. The van der Waals surface area contributed by atoms with Crippen molar-refractivity contribution in [3.8, 4) is 5.75 Å². The molecule has 0 radical (unpaired) electrons. The number of carbonyl (C=O) groups is 2. The number of hydrazone groups is 1. The molecule has 0 unspecified atom stereocenters. The highest BCUT2D eigenvalue weighted by molar-refractivity contribution is 5.87. The van der Waals surface area contributed by atoms with Gasteiger partial charge in [0.15, 0.2) is 0 Å². The molecule has 2 N–H and O–H groups in total. The number of piperazine rings is 1. The van der Waals surface area contributed by atoms with E-state index in [1.165, 1.54) is 6.21 Å². The second-order valence-corrected chi connectivity index (χ2v) is 11.3. The van der Waals surface area contributed by atoms with Crippen LogP contribution in [0.3, 0.4) is 0 Å². The molecule has 2 amide bonds. The van der Waals surface area contributed by atoms with Crippen molar-refractivity contribution < 1.29 is 14.7 Å². The quantitative estimate of drug-likeness (QED) is 0.489. The molecular formula is C28H38N4O3. The third-order valence-corrected chi connectivity index (χ3v) is 6.19. The molecule has 1 aliphatic heterocycles. The third-order valence-electron chi connectivity index (χ3n) is 6.19. The van der Waals surface area contributed by atoms with Crippen molar-refractivity contribution in [2.75, 3.05) is 26.2 Å². The Balaban J connectivity index is 1.59. The monoisotopic (exact) mass is 478 g/mol. The van der Waals surface area contributed by atoms with Crippen molar-refractivity contribution in [1.29, 1.82) is 0 Å². The lowest BCUT2D eigenvalue weighted by Crippen LogP contribution is -2.51. The zero-order valence-corrected chi connectivity index (χ0v) is 21.8. The molecule has 1 heterocycles. The fourth-order valence-corrected chi connectivity index (χ4v) is 4.04. The van der Waals surface area contributed by atoms with Gasteiger partial charge in [-0.1, -0.05) is 77.9 Å². The number of rotatable bonds is 6. The molecule has 2 aromatic rings. The molecule has 0 saturated carbocycles. The average molecular weight is 479 g/mol. The largest absolute Gasteiger partial charge is 0.507 e. The van der Waals surface area contributed by atoms with Crippen LogP contribution in [0.2, 0.25) is 0 Å². The Bertz CT molecular complexity index is 1080. The lowest BCUT2D eigenvalue weighted by molar-refractivity contribution is -0.137. The Morgan fingerprint density at radius 2 is 1.74 bits per heavy atom. The number of nitrogens with one attached hydrogen (secondary N) is 1. The minimum atomic E-state index is -0.298. The van der Waals surface area contributed by atoms with Crippen LogP contribution in [0.15, 0.2) is 47.6 Å². The number of nitrogens with zero attached hydrogens (tertiary/aromatic N) is 3. The normalized spacial score (nSPS) is 15.6. The van der Waals surface area contributed by atoms with Crippen LogP contribution in [-0.4, -0.2) is 59.1 Å². The van der Waals surface area contributed by atoms with Gasteiger partial charge in [0, 0.05) is 30.8 Å². The summed E-state index contributed by atoms with van der Waals surface area (Å²) in [6, 6.07) is 13.8. The van der Waals surface area contributed by atoms with E-state index < -0.39 is 0 Å². The van der Waals surface area contributed by atoms with Gasteiger partial charge in [-0.25, -0.2) is 5.43 Å². The molecule has 0 atom stereocenters. The first-order valence-electron chi connectivity index (χ1n) is 12.1. The number of amides is 2. The molecule has 0 aromatic heterocycles. The van der Waals surface area contributed by atoms with Gasteiger partial charge < -0.3 is 10.0 Å². The predicted molar refractivity (Wildman–Crippen MR) is 140 cm³/mol. The molecular weight excluding hydrogens is 440 g/mol. The van der Waals surface area contributed by atoms with Crippen LogP contribution >= 0.6 is 0 Å². The Hall–Kier alpha value is -3.19. The fraction of sp³-hybridized carbons (Fsp3) is 0.464. The summed E-state index contributed by atoms with van der Waals surface area (Å²) in [6.07, 6.45) is 1.49. The van der Waals surface area contributed by atoms with Crippen LogP contribution in [0.5, 0.6) is 5.75 Å². The summed E-state index contributed by atoms with van der Waals surface area (Å²) in [6.45, 7) is 14.6. The lowest BCUT2D eigenvalue weighted by Gasteiger charge is -2.33. The minimum absolute atomic E-state index is 0.00929. The SMILES string of the molecule is CC(C)(C)c1cc(/C=N/NC(=O)CN2CCN(Cc3ccccc3)C(=O)C2)c(O)c(C(C)(C)C)c1. The van der Waals surface area contributed by atoms with E-state index in [9.17, 15) is 14.7 Å². The topological polar surface area (TPSA) is 85.2 Å². The van der Waals surface area contributed by atoms with Crippen LogP contribution in [0, 0.1) is 0 Å². The van der Waals surface area contributed by atoms with Gasteiger partial charge in [-0.2, -0.15) is 5.10 Å². The number of phenols is 1. The Labute approximate surface area is 208 Å². The molecule has 3 rings (SSSR count). The highest BCUT2D eigenvalue weighted by atomic mass is 16.3. The summed E-state index contributed by atoms with van der Waals surface area (Å²) < 4.78 is 0. The number of hydrogen-bond acceptors (Lipinski definition) is 5. The third kappa shape index (κ3) is 7.15. The van der Waals surface area contributed by atoms with E-state index in [4.69, 9.17) is 0 Å². The van der Waals surface area contributed by atoms with Gasteiger partial charge >= 0.3 is 0 Å². The molecule has 7 nitrogen and oxygen atoms in total. The lowest BCUT2D eigenvalue weighted by atomic mass is 9.79. The van der Waals surface area contributed by atoms with Crippen molar-refractivity contribution in [3.63, 3.8) is 0 Å². The summed E-state index contributed by atoms with van der Waals surface area (Å²) in [7, 11) is 0. The number of hydrogen-bond donors (Lipinski definition) is 2. The fourth-order valence-electron chi connectivity index (χ4n) is 4.04. The van der Waals surface area contributed by atoms with Crippen molar-refractivity contribution in [1.82, 2.24) is 15.2 Å². The molecule has 0 spiro atoms. The van der Waals surface area contributed by atoms with Gasteiger partial charge in [0.25, 0.3) is 5.91 Å². The average Bonchev–Trinajstić information content (AvgIpc) is 2.76. The minimum Gasteiger partial charge on any atom is -0.507 e. The molecule has 0 aliphatic carbocycles. The van der Waals surface area contributed by atoms with Crippen molar-refractivity contribution in [3.05, 3.63) is 64.7 Å². The van der Waals surface area contributed by atoms with E-state index in [0.29, 0.717) is 25.2 Å². The van der Waals surface area contributed by atoms with Gasteiger partial charge in [-0.3, -0.25) is 14.5 Å². The number of benzene rings is 2. The van der Waals surface area contributed by atoms with Crippen molar-refractivity contribution >= 4 is 18.0 Å². The van der Waals surface area contributed by atoms with Gasteiger partial charge in [-0.15, -0.1) is 0 Å². The summed E-state index contributed by atoms with van der Waals surface area (Å²) in [5.41, 5.74) is 5.77. The maximum Gasteiger partial charge on any atom is 0.254 e. The second kappa shape index (κ2) is 10.6. The van der Waals surface area contributed by atoms with E-state index in [-0.39, 0.29) is 41.5 Å². The Morgan fingerprint density at radius 3 is 2.34 bits per heavy atom. The highest BCUT2D eigenvalue weighted by Crippen LogP contribution is 2.37. The number of phenolic OH excluding ortho intramolecular Hbond substituents is 1. The first kappa shape index (κ1) is 26.4. The summed E-state index contributed by atoms with van der Waals surface area (Å²) in [4.78, 5) is 28.7. The molecule has 1 saturated heterocycles. The van der Waals surface area contributed by atoms with E-state index >= 15 is 0 Å². The summed E-state index contributed by atoms with van der Waals surface area (Å²) in [5.74, 6) is -0.119. The zero-order valence-electron chi connectivity index (χ0n) is 21.8. The molecule has 35 heavy (non-hydrogen) atoms. The van der Waals surface area contributed by atoms with E-state index in [0.717, 1.165) is 16.7 Å². The zero-order chi connectivity index (χ0) is 25.8. The van der Waals surface area contributed by atoms with E-state index in [1.54, 1.807) is 0 Å². The van der Waals surface area contributed by atoms with Crippen LogP contribution in [0.25, 0.3) is 0 Å². The Kier molecular flexibility index (Phi) is 8.00. The maximum absolute atomic E-state index is 12.5. The molecule has 0 bridgehead atoms. The smallest absolute Gasteiger partial charge is 0.254 e. The van der Waals surface area contributed by atoms with E-state index in [1.807, 2.05) is 52.3 Å². The highest BCUT2D eigenvalue weighted by Gasteiger charge is 2.26. The van der Waals surface area contributed by atoms with Crippen molar-refractivity contribution in [2.24, 2.45) is 5.10 Å². The molecule has 1 fully saturated rings. The first-order chi connectivity index (χ1) is 16.3. The molecule has 7 heteroatoms. The standard InChI is InChI=1S/C28H38N4O3/c1-27(2,3)22-14-21(26(35)23(15-22)28(4,5)6)16-29-30-24(33)18-31-12-13-32(25(34)19-31)17-20-10-8-7-9-11-20/h7-11,14-16,35H,12-13,17-19H2,1-6H3,(H,30,33)/b29-16+. The molecule has 188 valence electrons. The number of aromatic hydroxyl groups is 1. The molecule has 2 aromatic carbocycles. The summed E-state index contributed by atoms with van der Waals surface area (Å²) in [5, 5.41) is 14.9.